The first-order chi connectivity index (χ1) is 32.1. The first kappa shape index (κ1) is 60.9. The first-order valence-corrected chi connectivity index (χ1v) is 26.9. The summed E-state index contributed by atoms with van der Waals surface area (Å²) in [6, 6.07) is -0.907. The van der Waals surface area contributed by atoms with Crippen LogP contribution in [0.2, 0.25) is 0 Å². The van der Waals surface area contributed by atoms with Gasteiger partial charge < -0.3 is 65.1 Å². The minimum absolute atomic E-state index is 0.237. The molecule has 1 amide bonds. The summed E-state index contributed by atoms with van der Waals surface area (Å²) >= 11 is 0. The van der Waals surface area contributed by atoms with E-state index in [4.69, 9.17) is 18.9 Å². The van der Waals surface area contributed by atoms with Gasteiger partial charge in [0.25, 0.3) is 0 Å². The molecule has 14 heteroatoms. The van der Waals surface area contributed by atoms with Crippen LogP contribution in [-0.2, 0) is 23.7 Å². The Bertz CT molecular complexity index is 1160. The molecular formula is C52H99NO13. The molecule has 12 atom stereocenters. The molecule has 2 saturated heterocycles. The van der Waals surface area contributed by atoms with Crippen LogP contribution in [0.25, 0.3) is 0 Å². The normalized spacial score (nSPS) is 26.8. The predicted octanol–water partition coefficient (Wildman–Crippen LogP) is 7.55. The van der Waals surface area contributed by atoms with Gasteiger partial charge in [-0.15, -0.1) is 0 Å². The predicted molar refractivity (Wildman–Crippen MR) is 259 cm³/mol. The second kappa shape index (κ2) is 39.5. The Morgan fingerprint density at radius 3 is 1.39 bits per heavy atom. The maximum absolute atomic E-state index is 13.2. The number of allylic oxidation sites excluding steroid dienone is 1. The quantitative estimate of drug-likeness (QED) is 0.0213. The Hall–Kier alpha value is -1.27. The van der Waals surface area contributed by atoms with Gasteiger partial charge in [0.05, 0.1) is 32.0 Å². The molecule has 0 saturated carbocycles. The highest BCUT2D eigenvalue weighted by Crippen LogP contribution is 2.30. The summed E-state index contributed by atoms with van der Waals surface area (Å²) in [4.78, 5) is 13.2. The van der Waals surface area contributed by atoms with Crippen molar-refractivity contribution >= 4 is 5.91 Å². The minimum atomic E-state index is -1.78. The van der Waals surface area contributed by atoms with E-state index in [-0.39, 0.29) is 18.9 Å². The Labute approximate surface area is 399 Å². The van der Waals surface area contributed by atoms with Crippen LogP contribution in [-0.4, -0.2) is 140 Å². The number of hydrogen-bond acceptors (Lipinski definition) is 13. The first-order valence-electron chi connectivity index (χ1n) is 26.9. The van der Waals surface area contributed by atoms with E-state index in [9.17, 15) is 45.6 Å². The van der Waals surface area contributed by atoms with Crippen LogP contribution in [0.1, 0.15) is 219 Å². The van der Waals surface area contributed by atoms with E-state index in [1.807, 2.05) is 6.08 Å². The molecule has 0 spiro atoms. The van der Waals surface area contributed by atoms with Gasteiger partial charge in [-0.3, -0.25) is 4.79 Å². The van der Waals surface area contributed by atoms with Crippen LogP contribution >= 0.6 is 0 Å². The van der Waals surface area contributed by atoms with Crippen LogP contribution in [0.15, 0.2) is 12.2 Å². The van der Waals surface area contributed by atoms with Gasteiger partial charge in [0.1, 0.15) is 48.8 Å². The van der Waals surface area contributed by atoms with E-state index in [2.05, 4.69) is 19.2 Å². The molecule has 12 unspecified atom stereocenters. The number of hydrogen-bond donors (Lipinski definition) is 9. The van der Waals surface area contributed by atoms with Crippen molar-refractivity contribution in [1.29, 1.82) is 0 Å². The summed E-state index contributed by atoms with van der Waals surface area (Å²) < 4.78 is 22.7. The molecule has 2 aliphatic heterocycles. The number of amides is 1. The van der Waals surface area contributed by atoms with Crippen LogP contribution in [0.3, 0.4) is 0 Å². The number of nitrogens with one attached hydrogen (secondary N) is 1. The lowest BCUT2D eigenvalue weighted by Crippen LogP contribution is -2.65. The van der Waals surface area contributed by atoms with E-state index in [1.165, 1.54) is 154 Å². The van der Waals surface area contributed by atoms with E-state index in [0.29, 0.717) is 6.42 Å². The van der Waals surface area contributed by atoms with E-state index < -0.39 is 86.8 Å². The third-order valence-electron chi connectivity index (χ3n) is 13.5. The second-order valence-corrected chi connectivity index (χ2v) is 19.4. The summed E-state index contributed by atoms with van der Waals surface area (Å²) in [6.45, 7) is 2.79. The third-order valence-corrected chi connectivity index (χ3v) is 13.5. The van der Waals surface area contributed by atoms with Crippen molar-refractivity contribution in [2.24, 2.45) is 0 Å². The minimum Gasteiger partial charge on any atom is -0.394 e. The Balaban J connectivity index is 1.77. The number of carbonyl (C=O) groups is 1. The van der Waals surface area contributed by atoms with Gasteiger partial charge in [-0.1, -0.05) is 206 Å². The molecule has 9 N–H and O–H groups in total. The second-order valence-electron chi connectivity index (χ2n) is 19.4. The zero-order valence-corrected chi connectivity index (χ0v) is 41.5. The van der Waals surface area contributed by atoms with Crippen LogP contribution in [0.4, 0.5) is 0 Å². The molecule has 2 aliphatic rings. The van der Waals surface area contributed by atoms with E-state index in [0.717, 1.165) is 38.5 Å². The van der Waals surface area contributed by atoms with Crippen molar-refractivity contribution in [3.8, 4) is 0 Å². The number of aliphatic hydroxyl groups excluding tert-OH is 8. The smallest absolute Gasteiger partial charge is 0.220 e. The molecule has 0 aromatic heterocycles. The van der Waals surface area contributed by atoms with E-state index >= 15 is 0 Å². The molecule has 2 heterocycles. The molecule has 66 heavy (non-hydrogen) atoms. The monoisotopic (exact) mass is 946 g/mol. The van der Waals surface area contributed by atoms with Gasteiger partial charge in [0, 0.05) is 6.42 Å². The van der Waals surface area contributed by atoms with Crippen molar-refractivity contribution in [3.63, 3.8) is 0 Å². The van der Waals surface area contributed by atoms with Gasteiger partial charge in [-0.2, -0.15) is 0 Å². The zero-order valence-electron chi connectivity index (χ0n) is 41.5. The SMILES string of the molecule is CCCCCCCCCCC/C=C/C(O)C(COC1OC(CO)C(OC2OC(CO)C(O)C(O)C2O)C(O)C1O)NC(=O)CCCCCCCCCCCCCCCCCCCCCCC. The van der Waals surface area contributed by atoms with Crippen molar-refractivity contribution in [1.82, 2.24) is 5.32 Å². The Kier molecular flexibility index (Phi) is 36.4. The van der Waals surface area contributed by atoms with E-state index in [1.54, 1.807) is 6.08 Å². The van der Waals surface area contributed by atoms with Crippen molar-refractivity contribution in [2.75, 3.05) is 19.8 Å². The molecular weight excluding hydrogens is 847 g/mol. The van der Waals surface area contributed by atoms with Gasteiger partial charge in [-0.25, -0.2) is 0 Å². The molecule has 14 nitrogen and oxygen atoms in total. The van der Waals surface area contributed by atoms with Gasteiger partial charge in [0.2, 0.25) is 5.91 Å². The van der Waals surface area contributed by atoms with Gasteiger partial charge in [-0.05, 0) is 19.3 Å². The molecule has 0 bridgehead atoms. The highest BCUT2D eigenvalue weighted by Gasteiger charge is 2.51. The van der Waals surface area contributed by atoms with Crippen LogP contribution in [0, 0.1) is 0 Å². The fourth-order valence-corrected chi connectivity index (χ4v) is 9.06. The lowest BCUT2D eigenvalue weighted by molar-refractivity contribution is -0.359. The van der Waals surface area contributed by atoms with Crippen molar-refractivity contribution < 1.29 is 64.6 Å². The Morgan fingerprint density at radius 1 is 0.530 bits per heavy atom. The summed E-state index contributed by atoms with van der Waals surface area (Å²) in [7, 11) is 0. The lowest BCUT2D eigenvalue weighted by atomic mass is 9.97. The average molecular weight is 946 g/mol. The fraction of sp³-hybridized carbons (Fsp3) is 0.942. The number of carbonyl (C=O) groups excluding carboxylic acids is 1. The summed E-state index contributed by atoms with van der Waals surface area (Å²) in [5, 5.41) is 86.7. The largest absolute Gasteiger partial charge is 0.394 e. The van der Waals surface area contributed by atoms with Crippen molar-refractivity contribution in [3.05, 3.63) is 12.2 Å². The number of ether oxygens (including phenoxy) is 4. The lowest BCUT2D eigenvalue weighted by Gasteiger charge is -2.46. The Morgan fingerprint density at radius 2 is 0.939 bits per heavy atom. The molecule has 2 fully saturated rings. The maximum atomic E-state index is 13.2. The molecule has 2 rings (SSSR count). The summed E-state index contributed by atoms with van der Waals surface area (Å²) in [6.07, 6.45) is 25.4. The average Bonchev–Trinajstić information content (AvgIpc) is 3.31. The van der Waals surface area contributed by atoms with Crippen LogP contribution in [0.5, 0.6) is 0 Å². The summed E-state index contributed by atoms with van der Waals surface area (Å²) in [5.41, 5.74) is 0. The topological polar surface area (TPSA) is 228 Å². The molecule has 0 aromatic carbocycles. The number of unbranched alkanes of at least 4 members (excludes halogenated alkanes) is 29. The van der Waals surface area contributed by atoms with Gasteiger partial charge in [0.15, 0.2) is 12.6 Å². The molecule has 390 valence electrons. The van der Waals surface area contributed by atoms with Crippen LogP contribution < -0.4 is 5.32 Å². The molecule has 0 radical (unpaired) electrons. The third kappa shape index (κ3) is 26.1. The number of rotatable bonds is 42. The maximum Gasteiger partial charge on any atom is 0.220 e. The zero-order chi connectivity index (χ0) is 48.2. The van der Waals surface area contributed by atoms with Crippen molar-refractivity contribution in [2.45, 2.75) is 293 Å². The fourth-order valence-electron chi connectivity index (χ4n) is 9.06. The highest BCUT2D eigenvalue weighted by molar-refractivity contribution is 5.76. The molecule has 0 aliphatic carbocycles. The number of aliphatic hydroxyl groups is 8. The van der Waals surface area contributed by atoms with Gasteiger partial charge >= 0.3 is 0 Å². The molecule has 0 aromatic rings. The summed E-state index contributed by atoms with van der Waals surface area (Å²) in [5.74, 6) is -0.237. The highest BCUT2D eigenvalue weighted by atomic mass is 16.7. The standard InChI is InChI=1S/C52H99NO13/c1-3-5-7-9-11-13-15-16-17-18-19-20-21-22-23-24-26-28-30-32-34-36-44(57)53-40(41(56)35-33-31-29-27-25-14-12-10-8-6-4-2)39-63-51-49(62)47(60)50(43(38-55)65-51)66-52-48(61)46(59)45(58)42(37-54)64-52/h33,35,40-43,45-52,54-56,58-62H,3-32,34,36-39H2,1-2H3,(H,53,57)/b35-33+.